The molecule has 2 amide bonds. The topological polar surface area (TPSA) is 61.4 Å². The van der Waals surface area contributed by atoms with Crippen LogP contribution in [0, 0.1) is 0 Å². The molecule has 5 nitrogen and oxygen atoms in total. The Bertz CT molecular complexity index is 1130. The molecule has 160 valence electrons. The first-order valence-electron chi connectivity index (χ1n) is 10.5. The number of halogens is 1. The van der Waals surface area contributed by atoms with Gasteiger partial charge in [0.25, 0.3) is 0 Å². The molecule has 3 aromatic rings. The van der Waals surface area contributed by atoms with Gasteiger partial charge >= 0.3 is 0 Å². The summed E-state index contributed by atoms with van der Waals surface area (Å²) in [6.07, 6.45) is 1.31. The lowest BCUT2D eigenvalue weighted by Gasteiger charge is -2.27. The Kier molecular flexibility index (Phi) is 6.39. The van der Waals surface area contributed by atoms with Crippen LogP contribution in [-0.2, 0) is 22.6 Å². The fraction of sp³-hybridized carbons (Fsp3) is 0.280. The van der Waals surface area contributed by atoms with Crippen molar-refractivity contribution in [2.45, 2.75) is 38.4 Å². The Balaban J connectivity index is 1.72. The lowest BCUT2D eigenvalue weighted by atomic mass is 10.0. The van der Waals surface area contributed by atoms with Crippen molar-refractivity contribution in [3.63, 3.8) is 0 Å². The second-order valence-electron chi connectivity index (χ2n) is 7.92. The minimum atomic E-state index is -0.558. The predicted molar refractivity (Wildman–Crippen MR) is 128 cm³/mol. The largest absolute Gasteiger partial charge is 0.343 e. The molecule has 0 aliphatic carbocycles. The molecule has 0 fully saturated rings. The van der Waals surface area contributed by atoms with Crippen molar-refractivity contribution < 1.29 is 9.59 Å². The molecular weight excluding hydrogens is 454 g/mol. The molecule has 2 N–H and O–H groups in total. The zero-order valence-corrected chi connectivity index (χ0v) is 19.3. The Hall–Kier alpha value is -2.70. The van der Waals surface area contributed by atoms with E-state index in [0.717, 1.165) is 38.5 Å². The molecule has 6 heteroatoms. The van der Waals surface area contributed by atoms with Crippen LogP contribution in [0.15, 0.2) is 65.1 Å². The number of anilines is 1. The van der Waals surface area contributed by atoms with Gasteiger partial charge in [-0.3, -0.25) is 9.59 Å². The van der Waals surface area contributed by atoms with Gasteiger partial charge in [0.1, 0.15) is 6.04 Å². The number of rotatable bonds is 5. The fourth-order valence-electron chi connectivity index (χ4n) is 4.07. The quantitative estimate of drug-likeness (QED) is 0.576. The number of carbonyl (C=O) groups excluding carboxylic acids is 2. The van der Waals surface area contributed by atoms with Crippen molar-refractivity contribution >= 4 is 44.2 Å². The number of para-hydroxylation sites is 1. The van der Waals surface area contributed by atoms with E-state index in [9.17, 15) is 9.59 Å². The molecular formula is C25H26BrN3O2. The summed E-state index contributed by atoms with van der Waals surface area (Å²) in [7, 11) is 1.74. The monoisotopic (exact) mass is 479 g/mol. The van der Waals surface area contributed by atoms with Gasteiger partial charge in [0, 0.05) is 10.2 Å². The van der Waals surface area contributed by atoms with E-state index in [4.69, 9.17) is 0 Å². The molecule has 31 heavy (non-hydrogen) atoms. The summed E-state index contributed by atoms with van der Waals surface area (Å²) in [6, 6.07) is 19.4. The second kappa shape index (κ2) is 9.20. The zero-order chi connectivity index (χ0) is 22.0. The van der Waals surface area contributed by atoms with Gasteiger partial charge in [-0.25, -0.2) is 0 Å². The first-order chi connectivity index (χ1) is 15.0. The zero-order valence-electron chi connectivity index (χ0n) is 17.7. The van der Waals surface area contributed by atoms with Crippen LogP contribution in [0.3, 0.4) is 0 Å². The molecule has 2 atom stereocenters. The number of hydrogen-bond acceptors (Lipinski definition) is 3. The van der Waals surface area contributed by atoms with Crippen molar-refractivity contribution in [2.24, 2.45) is 0 Å². The molecule has 0 radical (unpaired) electrons. The van der Waals surface area contributed by atoms with Crippen LogP contribution >= 0.6 is 15.9 Å². The van der Waals surface area contributed by atoms with Crippen molar-refractivity contribution in [3.05, 3.63) is 76.3 Å². The fourth-order valence-corrected chi connectivity index (χ4v) is 4.55. The molecule has 0 unspecified atom stereocenters. The molecule has 4 rings (SSSR count). The summed E-state index contributed by atoms with van der Waals surface area (Å²) < 4.78 is 1.03. The van der Waals surface area contributed by atoms with Crippen molar-refractivity contribution in [1.29, 1.82) is 0 Å². The molecule has 0 saturated carbocycles. The van der Waals surface area contributed by atoms with Crippen LogP contribution in [0.2, 0.25) is 0 Å². The summed E-state index contributed by atoms with van der Waals surface area (Å²) in [6.45, 7) is 2.23. The van der Waals surface area contributed by atoms with Gasteiger partial charge in [0.2, 0.25) is 11.8 Å². The summed E-state index contributed by atoms with van der Waals surface area (Å²) in [5.74, 6) is -0.241. The van der Waals surface area contributed by atoms with E-state index < -0.39 is 6.04 Å². The van der Waals surface area contributed by atoms with Crippen molar-refractivity contribution in [2.75, 3.05) is 11.9 Å². The highest BCUT2D eigenvalue weighted by Crippen LogP contribution is 2.32. The highest BCUT2D eigenvalue weighted by molar-refractivity contribution is 9.10. The first kappa shape index (κ1) is 21.5. The predicted octanol–water partition coefficient (Wildman–Crippen LogP) is 4.17. The van der Waals surface area contributed by atoms with Crippen LogP contribution in [0.5, 0.6) is 0 Å². The Morgan fingerprint density at radius 3 is 2.58 bits per heavy atom. The van der Waals surface area contributed by atoms with Crippen LogP contribution in [0.1, 0.15) is 24.5 Å². The van der Waals surface area contributed by atoms with Crippen LogP contribution in [0.4, 0.5) is 5.69 Å². The maximum absolute atomic E-state index is 13.6. The molecule has 0 bridgehead atoms. The number of carbonyl (C=O) groups is 2. The van der Waals surface area contributed by atoms with Gasteiger partial charge < -0.3 is 15.5 Å². The van der Waals surface area contributed by atoms with E-state index in [1.807, 2.05) is 41.3 Å². The van der Waals surface area contributed by atoms with E-state index in [-0.39, 0.29) is 17.9 Å². The molecule has 1 aliphatic rings. The molecule has 3 aromatic carbocycles. The third kappa shape index (κ3) is 4.36. The maximum Gasteiger partial charge on any atom is 0.249 e. The number of hydrogen-bond donors (Lipinski definition) is 2. The van der Waals surface area contributed by atoms with Crippen LogP contribution < -0.4 is 15.5 Å². The van der Waals surface area contributed by atoms with Crippen LogP contribution in [-0.4, -0.2) is 30.9 Å². The van der Waals surface area contributed by atoms with Gasteiger partial charge in [-0.15, -0.1) is 0 Å². The van der Waals surface area contributed by atoms with Gasteiger partial charge in [0.05, 0.1) is 12.6 Å². The smallest absolute Gasteiger partial charge is 0.249 e. The summed E-state index contributed by atoms with van der Waals surface area (Å²) >= 11 is 3.63. The average Bonchev–Trinajstić information content (AvgIpc) is 2.92. The lowest BCUT2D eigenvalue weighted by molar-refractivity contribution is -0.128. The third-order valence-corrected chi connectivity index (χ3v) is 6.67. The number of likely N-dealkylation sites (N-methyl/N-ethyl adjacent to an activating group) is 1. The molecule has 0 spiro atoms. The number of nitrogens with one attached hydrogen (secondary N) is 2. The standard InChI is InChI=1S/C25H26BrN3O2/c1-16(27-2)24(30)28-22-14-12-17-7-3-6-10-23(17)29(25(22)31)15-18-11-13-21(26)20-9-5-4-8-19(18)20/h3-11,13,16,22,27H,12,14-15H2,1-2H3,(H,28,30)/t16-,22-/m0/s1. The normalized spacial score (nSPS) is 17.2. The number of nitrogens with zero attached hydrogens (tertiary/aromatic N) is 1. The highest BCUT2D eigenvalue weighted by atomic mass is 79.9. The maximum atomic E-state index is 13.6. The van der Waals surface area contributed by atoms with E-state index >= 15 is 0 Å². The Labute approximate surface area is 190 Å². The number of benzene rings is 3. The van der Waals surface area contributed by atoms with E-state index in [1.54, 1.807) is 14.0 Å². The summed E-state index contributed by atoms with van der Waals surface area (Å²) in [4.78, 5) is 28.0. The lowest BCUT2D eigenvalue weighted by Crippen LogP contribution is -2.52. The minimum absolute atomic E-state index is 0.0754. The number of fused-ring (bicyclic) bond motifs is 2. The summed E-state index contributed by atoms with van der Waals surface area (Å²) in [5, 5.41) is 8.11. The van der Waals surface area contributed by atoms with Crippen LogP contribution in [0.25, 0.3) is 10.8 Å². The summed E-state index contributed by atoms with van der Waals surface area (Å²) in [5.41, 5.74) is 3.10. The molecule has 1 aliphatic heterocycles. The molecule has 1 heterocycles. The molecule has 0 saturated heterocycles. The van der Waals surface area contributed by atoms with Gasteiger partial charge in [-0.1, -0.05) is 64.5 Å². The van der Waals surface area contributed by atoms with E-state index in [2.05, 4.69) is 50.8 Å². The van der Waals surface area contributed by atoms with Gasteiger partial charge in [-0.05, 0) is 60.8 Å². The Morgan fingerprint density at radius 2 is 1.81 bits per heavy atom. The van der Waals surface area contributed by atoms with E-state index in [0.29, 0.717) is 13.0 Å². The number of amides is 2. The third-order valence-electron chi connectivity index (χ3n) is 5.98. The SMILES string of the molecule is CN[C@@H](C)C(=O)N[C@H]1CCc2ccccc2N(Cc2ccc(Br)c3ccccc23)C1=O. The van der Waals surface area contributed by atoms with Crippen molar-refractivity contribution in [1.82, 2.24) is 10.6 Å². The second-order valence-corrected chi connectivity index (χ2v) is 8.77. The van der Waals surface area contributed by atoms with Gasteiger partial charge in [0.15, 0.2) is 0 Å². The van der Waals surface area contributed by atoms with Crippen molar-refractivity contribution in [3.8, 4) is 0 Å². The number of aryl methyl sites for hydroxylation is 1. The van der Waals surface area contributed by atoms with Gasteiger partial charge in [-0.2, -0.15) is 0 Å². The minimum Gasteiger partial charge on any atom is -0.343 e. The highest BCUT2D eigenvalue weighted by Gasteiger charge is 2.32. The average molecular weight is 480 g/mol. The molecule has 0 aromatic heterocycles. The Morgan fingerprint density at radius 1 is 1.10 bits per heavy atom. The van der Waals surface area contributed by atoms with E-state index in [1.165, 1.54) is 0 Å². The first-order valence-corrected chi connectivity index (χ1v) is 11.3.